The highest BCUT2D eigenvalue weighted by molar-refractivity contribution is 5.73. The second-order valence-corrected chi connectivity index (χ2v) is 3.37. The van der Waals surface area contributed by atoms with Crippen molar-refractivity contribution in [3.05, 3.63) is 0 Å². The fourth-order valence-corrected chi connectivity index (χ4v) is 1.98. The fourth-order valence-electron chi connectivity index (χ4n) is 1.98. The molecule has 0 spiro atoms. The zero-order valence-electron chi connectivity index (χ0n) is 6.60. The van der Waals surface area contributed by atoms with E-state index in [0.29, 0.717) is 13.0 Å². The Bertz CT molecular complexity index is 209. The second-order valence-electron chi connectivity index (χ2n) is 3.37. The maximum atomic E-state index is 10.7. The van der Waals surface area contributed by atoms with E-state index in [1.807, 2.05) is 0 Å². The quantitative estimate of drug-likeness (QED) is 0.462. The molecule has 2 saturated heterocycles. The number of rotatable bonds is 1. The first-order chi connectivity index (χ1) is 5.68. The number of carboxylic acids is 1. The highest BCUT2D eigenvalue weighted by atomic mass is 16.4. The summed E-state index contributed by atoms with van der Waals surface area (Å²) in [7, 11) is 0. The van der Waals surface area contributed by atoms with Gasteiger partial charge in [-0.05, 0) is 12.8 Å². The minimum absolute atomic E-state index is 0.274. The SMILES string of the molecule is O=C(O)[C@@H]1CCC2CN1C(O)N2. The smallest absolute Gasteiger partial charge is 0.321 e. The van der Waals surface area contributed by atoms with Gasteiger partial charge >= 0.3 is 5.97 Å². The van der Waals surface area contributed by atoms with Gasteiger partial charge in [0.15, 0.2) is 6.35 Å². The molecule has 0 radical (unpaired) electrons. The van der Waals surface area contributed by atoms with Gasteiger partial charge in [-0.3, -0.25) is 15.0 Å². The molecule has 2 heterocycles. The molecule has 0 aliphatic carbocycles. The summed E-state index contributed by atoms with van der Waals surface area (Å²) in [5.41, 5.74) is 0. The minimum atomic E-state index is -0.837. The Balaban J connectivity index is 2.13. The molecule has 3 unspecified atom stereocenters. The Kier molecular flexibility index (Phi) is 1.79. The van der Waals surface area contributed by atoms with Gasteiger partial charge < -0.3 is 10.2 Å². The van der Waals surface area contributed by atoms with Gasteiger partial charge in [0, 0.05) is 12.6 Å². The second kappa shape index (κ2) is 2.69. The molecule has 0 aromatic heterocycles. The molecule has 0 saturated carbocycles. The van der Waals surface area contributed by atoms with Crippen molar-refractivity contribution in [1.82, 2.24) is 10.2 Å². The van der Waals surface area contributed by atoms with Crippen molar-refractivity contribution in [2.24, 2.45) is 0 Å². The van der Waals surface area contributed by atoms with Crippen molar-refractivity contribution >= 4 is 5.97 Å². The van der Waals surface area contributed by atoms with E-state index in [-0.39, 0.29) is 6.04 Å². The van der Waals surface area contributed by atoms with Crippen molar-refractivity contribution in [3.63, 3.8) is 0 Å². The van der Waals surface area contributed by atoms with Gasteiger partial charge in [0.25, 0.3) is 0 Å². The van der Waals surface area contributed by atoms with Crippen molar-refractivity contribution in [2.75, 3.05) is 6.54 Å². The van der Waals surface area contributed by atoms with Gasteiger partial charge in [-0.2, -0.15) is 0 Å². The first-order valence-corrected chi connectivity index (χ1v) is 4.11. The summed E-state index contributed by atoms with van der Waals surface area (Å²) in [6, 6.07) is -0.234. The lowest BCUT2D eigenvalue weighted by Crippen LogP contribution is -2.47. The molecule has 0 aromatic rings. The number of aliphatic carboxylic acids is 1. The molecule has 0 amide bonds. The van der Waals surface area contributed by atoms with Crippen molar-refractivity contribution in [2.45, 2.75) is 31.3 Å². The number of hydrogen-bond donors (Lipinski definition) is 3. The van der Waals surface area contributed by atoms with E-state index >= 15 is 0 Å². The monoisotopic (exact) mass is 172 g/mol. The summed E-state index contributed by atoms with van der Waals surface area (Å²) in [6.07, 6.45) is 0.702. The van der Waals surface area contributed by atoms with E-state index in [1.165, 1.54) is 0 Å². The van der Waals surface area contributed by atoms with E-state index < -0.39 is 18.4 Å². The Morgan fingerprint density at radius 3 is 2.92 bits per heavy atom. The number of piperidine rings is 1. The zero-order valence-corrected chi connectivity index (χ0v) is 6.60. The van der Waals surface area contributed by atoms with Crippen LogP contribution in [0.1, 0.15) is 12.8 Å². The Morgan fingerprint density at radius 1 is 1.50 bits per heavy atom. The average molecular weight is 172 g/mol. The molecule has 3 N–H and O–H groups in total. The Labute approximate surface area is 70.0 Å². The number of aliphatic hydroxyl groups is 1. The maximum absolute atomic E-state index is 10.7. The van der Waals surface area contributed by atoms with E-state index in [4.69, 9.17) is 5.11 Å². The molecule has 68 valence electrons. The Hall–Kier alpha value is -0.650. The van der Waals surface area contributed by atoms with Crippen molar-refractivity contribution in [3.8, 4) is 0 Å². The Morgan fingerprint density at radius 2 is 2.25 bits per heavy atom. The number of fused-ring (bicyclic) bond motifs is 2. The summed E-state index contributed by atoms with van der Waals surface area (Å²) in [5, 5.41) is 21.1. The molecule has 0 aromatic carbocycles. The van der Waals surface area contributed by atoms with Crippen LogP contribution in [0.25, 0.3) is 0 Å². The summed E-state index contributed by atoms with van der Waals surface area (Å²) in [6.45, 7) is 0.651. The normalized spacial score (nSPS) is 46.1. The van der Waals surface area contributed by atoms with E-state index in [1.54, 1.807) is 4.90 Å². The van der Waals surface area contributed by atoms with Crippen LogP contribution in [-0.4, -0.2) is 46.1 Å². The van der Waals surface area contributed by atoms with Crippen LogP contribution in [0.5, 0.6) is 0 Å². The van der Waals surface area contributed by atoms with E-state index in [2.05, 4.69) is 5.32 Å². The minimum Gasteiger partial charge on any atom is -0.480 e. The molecule has 5 nitrogen and oxygen atoms in total. The first kappa shape index (κ1) is 7.97. The standard InChI is InChI=1S/C7H12N2O3/c10-6(11)5-2-1-4-3-9(5)7(12)8-4/h4-5,7-8,12H,1-3H2,(H,10,11)/t4?,5-,7?/m0/s1. The topological polar surface area (TPSA) is 72.8 Å². The van der Waals surface area contributed by atoms with Crippen LogP contribution >= 0.6 is 0 Å². The van der Waals surface area contributed by atoms with Gasteiger partial charge in [-0.1, -0.05) is 0 Å². The number of nitrogens with one attached hydrogen (secondary N) is 1. The molecule has 2 aliphatic rings. The number of hydrogen-bond acceptors (Lipinski definition) is 4. The third-order valence-corrected chi connectivity index (χ3v) is 2.60. The van der Waals surface area contributed by atoms with Gasteiger partial charge in [0.1, 0.15) is 6.04 Å². The van der Waals surface area contributed by atoms with E-state index in [9.17, 15) is 9.90 Å². The number of nitrogens with zero attached hydrogens (tertiary/aromatic N) is 1. The molecular weight excluding hydrogens is 160 g/mol. The lowest BCUT2D eigenvalue weighted by atomic mass is 10.0. The van der Waals surface area contributed by atoms with Gasteiger partial charge in [-0.15, -0.1) is 0 Å². The number of aliphatic hydroxyl groups excluding tert-OH is 1. The predicted molar refractivity (Wildman–Crippen MR) is 40.3 cm³/mol. The predicted octanol–water partition coefficient (Wildman–Crippen LogP) is -1.22. The maximum Gasteiger partial charge on any atom is 0.321 e. The molecule has 2 rings (SSSR count). The van der Waals surface area contributed by atoms with Gasteiger partial charge in [0.2, 0.25) is 0 Å². The lowest BCUT2D eigenvalue weighted by molar-refractivity contribution is -0.147. The largest absolute Gasteiger partial charge is 0.480 e. The third-order valence-electron chi connectivity index (χ3n) is 2.60. The highest BCUT2D eigenvalue weighted by Gasteiger charge is 2.42. The highest BCUT2D eigenvalue weighted by Crippen LogP contribution is 2.24. The number of carboxylic acid groups (broad SMARTS) is 1. The van der Waals surface area contributed by atoms with Crippen LogP contribution in [0.3, 0.4) is 0 Å². The van der Waals surface area contributed by atoms with Gasteiger partial charge in [-0.25, -0.2) is 0 Å². The van der Waals surface area contributed by atoms with E-state index in [0.717, 1.165) is 6.42 Å². The summed E-state index contributed by atoms with van der Waals surface area (Å²) < 4.78 is 0. The van der Waals surface area contributed by atoms with Crippen LogP contribution in [0.15, 0.2) is 0 Å². The summed E-state index contributed by atoms with van der Waals surface area (Å²) in [5.74, 6) is -0.837. The summed E-state index contributed by atoms with van der Waals surface area (Å²) in [4.78, 5) is 12.3. The zero-order chi connectivity index (χ0) is 8.72. The summed E-state index contributed by atoms with van der Waals surface area (Å²) >= 11 is 0. The fraction of sp³-hybridized carbons (Fsp3) is 0.857. The molecule has 5 heteroatoms. The van der Waals surface area contributed by atoms with Crippen molar-refractivity contribution in [1.29, 1.82) is 0 Å². The number of carbonyl (C=O) groups is 1. The lowest BCUT2D eigenvalue weighted by Gasteiger charge is -2.28. The molecule has 2 bridgehead atoms. The van der Waals surface area contributed by atoms with Gasteiger partial charge in [0.05, 0.1) is 0 Å². The first-order valence-electron chi connectivity index (χ1n) is 4.11. The molecule has 2 fully saturated rings. The van der Waals surface area contributed by atoms with Crippen molar-refractivity contribution < 1.29 is 15.0 Å². The third kappa shape index (κ3) is 1.10. The molecular formula is C7H12N2O3. The molecule has 4 atom stereocenters. The molecule has 2 aliphatic heterocycles. The average Bonchev–Trinajstić information content (AvgIpc) is 2.28. The van der Waals surface area contributed by atoms with Crippen LogP contribution in [0, 0.1) is 0 Å². The van der Waals surface area contributed by atoms with Crippen LogP contribution < -0.4 is 5.32 Å². The molecule has 12 heavy (non-hydrogen) atoms. The van der Waals surface area contributed by atoms with Crippen LogP contribution in [0.2, 0.25) is 0 Å². The van der Waals surface area contributed by atoms with Crippen LogP contribution in [0.4, 0.5) is 0 Å². The van der Waals surface area contributed by atoms with Crippen LogP contribution in [-0.2, 0) is 4.79 Å².